The summed E-state index contributed by atoms with van der Waals surface area (Å²) < 4.78 is 5.25. The summed E-state index contributed by atoms with van der Waals surface area (Å²) in [5, 5.41) is 19.6. The minimum Gasteiger partial charge on any atom is -0.478 e. The van der Waals surface area contributed by atoms with Crippen LogP contribution in [-0.4, -0.2) is 42.3 Å². The van der Waals surface area contributed by atoms with E-state index in [1.54, 1.807) is 12.1 Å². The second-order valence-electron chi connectivity index (χ2n) is 4.27. The number of nitro benzene ring substituents is 1. The van der Waals surface area contributed by atoms with E-state index in [2.05, 4.69) is 0 Å². The predicted molar refractivity (Wildman–Crippen MR) is 72.8 cm³/mol. The number of hydrogen-bond acceptors (Lipinski definition) is 5. The lowest BCUT2D eigenvalue weighted by Gasteiger charge is -2.29. The molecule has 1 N–H and O–H groups in total. The molecule has 20 heavy (non-hydrogen) atoms. The van der Waals surface area contributed by atoms with Crippen molar-refractivity contribution in [2.45, 2.75) is 0 Å². The van der Waals surface area contributed by atoms with Gasteiger partial charge in [0.1, 0.15) is 0 Å². The number of rotatable bonds is 4. The minimum absolute atomic E-state index is 0.112. The van der Waals surface area contributed by atoms with Gasteiger partial charge in [0.25, 0.3) is 5.69 Å². The van der Waals surface area contributed by atoms with Crippen molar-refractivity contribution in [1.82, 2.24) is 0 Å². The molecule has 106 valence electrons. The molecule has 1 fully saturated rings. The van der Waals surface area contributed by atoms with Crippen molar-refractivity contribution in [3.63, 3.8) is 0 Å². The molecular formula is C13H14N2O5. The van der Waals surface area contributed by atoms with Crippen LogP contribution in [0.25, 0.3) is 6.08 Å². The quantitative estimate of drug-likeness (QED) is 0.510. The number of nitrogens with zero attached hydrogens (tertiary/aromatic N) is 2. The van der Waals surface area contributed by atoms with Gasteiger partial charge in [0, 0.05) is 30.9 Å². The SMILES string of the molecule is O=C(O)/C=C/c1cc(N2CCOCC2)ccc1[N+](=O)[O-]. The van der Waals surface area contributed by atoms with E-state index in [4.69, 9.17) is 9.84 Å². The molecule has 0 amide bonds. The van der Waals surface area contributed by atoms with Gasteiger partial charge in [-0.2, -0.15) is 0 Å². The average Bonchev–Trinajstić information content (AvgIpc) is 2.45. The predicted octanol–water partition coefficient (Wildman–Crippen LogP) is 1.53. The van der Waals surface area contributed by atoms with E-state index in [1.165, 1.54) is 12.1 Å². The fourth-order valence-corrected chi connectivity index (χ4v) is 2.02. The second-order valence-corrected chi connectivity index (χ2v) is 4.27. The van der Waals surface area contributed by atoms with Crippen LogP contribution in [0.1, 0.15) is 5.56 Å². The lowest BCUT2D eigenvalue weighted by molar-refractivity contribution is -0.385. The Morgan fingerprint density at radius 3 is 2.70 bits per heavy atom. The largest absolute Gasteiger partial charge is 0.478 e. The molecule has 1 aromatic rings. The van der Waals surface area contributed by atoms with Gasteiger partial charge >= 0.3 is 5.97 Å². The Bertz CT molecular complexity index is 550. The molecule has 2 rings (SSSR count). The summed E-state index contributed by atoms with van der Waals surface area (Å²) in [6.07, 6.45) is 2.13. The van der Waals surface area contributed by atoms with Crippen LogP contribution in [0.2, 0.25) is 0 Å². The highest BCUT2D eigenvalue weighted by molar-refractivity contribution is 5.86. The lowest BCUT2D eigenvalue weighted by atomic mass is 10.1. The van der Waals surface area contributed by atoms with Crippen molar-refractivity contribution in [2.75, 3.05) is 31.2 Å². The van der Waals surface area contributed by atoms with Crippen molar-refractivity contribution < 1.29 is 19.6 Å². The maximum Gasteiger partial charge on any atom is 0.328 e. The van der Waals surface area contributed by atoms with Gasteiger partial charge in [-0.15, -0.1) is 0 Å². The maximum absolute atomic E-state index is 10.9. The Hall–Kier alpha value is -2.41. The van der Waals surface area contributed by atoms with E-state index in [1.807, 2.05) is 4.90 Å². The highest BCUT2D eigenvalue weighted by atomic mass is 16.6. The summed E-state index contributed by atoms with van der Waals surface area (Å²) in [6.45, 7) is 2.63. The number of carbonyl (C=O) groups is 1. The van der Waals surface area contributed by atoms with Crippen LogP contribution in [-0.2, 0) is 9.53 Å². The fraction of sp³-hybridized carbons (Fsp3) is 0.308. The van der Waals surface area contributed by atoms with E-state index < -0.39 is 10.9 Å². The van der Waals surface area contributed by atoms with Gasteiger partial charge in [0.15, 0.2) is 0 Å². The maximum atomic E-state index is 10.9. The lowest BCUT2D eigenvalue weighted by Crippen LogP contribution is -2.36. The molecule has 0 saturated carbocycles. The molecule has 1 aliphatic heterocycles. The molecule has 7 nitrogen and oxygen atoms in total. The summed E-state index contributed by atoms with van der Waals surface area (Å²) in [7, 11) is 0. The first-order valence-electron chi connectivity index (χ1n) is 6.10. The van der Waals surface area contributed by atoms with Crippen LogP contribution in [0.5, 0.6) is 0 Å². The molecule has 1 aromatic carbocycles. The molecule has 1 aliphatic rings. The topological polar surface area (TPSA) is 92.9 Å². The van der Waals surface area contributed by atoms with Gasteiger partial charge < -0.3 is 14.7 Å². The highest BCUT2D eigenvalue weighted by Crippen LogP contribution is 2.26. The minimum atomic E-state index is -1.14. The molecule has 0 atom stereocenters. The summed E-state index contributed by atoms with van der Waals surface area (Å²) in [4.78, 5) is 23.0. The van der Waals surface area contributed by atoms with Gasteiger partial charge in [-0.25, -0.2) is 4.79 Å². The fourth-order valence-electron chi connectivity index (χ4n) is 2.02. The summed E-state index contributed by atoms with van der Waals surface area (Å²) in [5.41, 5.74) is 0.991. The third-order valence-electron chi connectivity index (χ3n) is 2.99. The average molecular weight is 278 g/mol. The van der Waals surface area contributed by atoms with Gasteiger partial charge in [0.05, 0.1) is 23.7 Å². The van der Waals surface area contributed by atoms with E-state index in [0.29, 0.717) is 26.3 Å². The number of carboxylic acid groups (broad SMARTS) is 1. The summed E-state index contributed by atoms with van der Waals surface area (Å²) in [5.74, 6) is -1.14. The van der Waals surface area contributed by atoms with Gasteiger partial charge in [-0.3, -0.25) is 10.1 Å². The molecule has 0 spiro atoms. The Morgan fingerprint density at radius 2 is 2.10 bits per heavy atom. The zero-order chi connectivity index (χ0) is 14.5. The number of ether oxygens (including phenoxy) is 1. The Labute approximate surface area is 115 Å². The first kappa shape index (κ1) is 14.0. The second kappa shape index (κ2) is 6.16. The Balaban J connectivity index is 2.34. The van der Waals surface area contributed by atoms with E-state index >= 15 is 0 Å². The van der Waals surface area contributed by atoms with Gasteiger partial charge in [0.2, 0.25) is 0 Å². The Morgan fingerprint density at radius 1 is 1.40 bits per heavy atom. The molecule has 0 bridgehead atoms. The van der Waals surface area contributed by atoms with Crippen LogP contribution in [0, 0.1) is 10.1 Å². The molecule has 0 aliphatic carbocycles. The van der Waals surface area contributed by atoms with E-state index in [-0.39, 0.29) is 11.3 Å². The number of benzene rings is 1. The monoisotopic (exact) mass is 278 g/mol. The Kier molecular flexibility index (Phi) is 4.31. The number of carboxylic acids is 1. The van der Waals surface area contributed by atoms with E-state index in [9.17, 15) is 14.9 Å². The van der Waals surface area contributed by atoms with Crippen molar-refractivity contribution in [3.8, 4) is 0 Å². The van der Waals surface area contributed by atoms with Crippen LogP contribution in [0.4, 0.5) is 11.4 Å². The first-order chi connectivity index (χ1) is 9.58. The van der Waals surface area contributed by atoms with Crippen molar-refractivity contribution in [3.05, 3.63) is 40.0 Å². The third-order valence-corrected chi connectivity index (χ3v) is 2.99. The standard InChI is InChI=1S/C13H14N2O5/c16-13(17)4-1-10-9-11(2-3-12(10)15(18)19)14-5-7-20-8-6-14/h1-4,9H,5-8H2,(H,16,17)/b4-1+. The molecular weight excluding hydrogens is 264 g/mol. The van der Waals surface area contributed by atoms with Crippen LogP contribution < -0.4 is 4.90 Å². The molecule has 0 aromatic heterocycles. The number of nitro groups is 1. The van der Waals surface area contributed by atoms with Crippen molar-refractivity contribution >= 4 is 23.4 Å². The van der Waals surface area contributed by atoms with Gasteiger partial charge in [-0.05, 0) is 18.2 Å². The molecule has 1 heterocycles. The number of anilines is 1. The van der Waals surface area contributed by atoms with E-state index in [0.717, 1.165) is 11.8 Å². The number of aliphatic carboxylic acids is 1. The zero-order valence-corrected chi connectivity index (χ0v) is 10.7. The smallest absolute Gasteiger partial charge is 0.328 e. The molecule has 0 unspecified atom stereocenters. The van der Waals surface area contributed by atoms with Crippen LogP contribution >= 0.6 is 0 Å². The summed E-state index contributed by atoms with van der Waals surface area (Å²) >= 11 is 0. The summed E-state index contributed by atoms with van der Waals surface area (Å²) in [6, 6.07) is 4.69. The van der Waals surface area contributed by atoms with Crippen molar-refractivity contribution in [2.24, 2.45) is 0 Å². The number of morpholine rings is 1. The van der Waals surface area contributed by atoms with Crippen molar-refractivity contribution in [1.29, 1.82) is 0 Å². The highest BCUT2D eigenvalue weighted by Gasteiger charge is 2.16. The third kappa shape index (κ3) is 3.33. The van der Waals surface area contributed by atoms with Gasteiger partial charge in [-0.1, -0.05) is 0 Å². The molecule has 7 heteroatoms. The molecule has 0 radical (unpaired) electrons. The zero-order valence-electron chi connectivity index (χ0n) is 10.7. The number of hydrogen-bond donors (Lipinski definition) is 1. The van der Waals surface area contributed by atoms with Crippen LogP contribution in [0.15, 0.2) is 24.3 Å². The first-order valence-corrected chi connectivity index (χ1v) is 6.10. The molecule has 1 saturated heterocycles. The van der Waals surface area contributed by atoms with Crippen LogP contribution in [0.3, 0.4) is 0 Å². The normalized spacial score (nSPS) is 15.5.